The Morgan fingerprint density at radius 1 is 0.852 bits per heavy atom. The van der Waals surface area contributed by atoms with Crippen LogP contribution in [-0.4, -0.2) is 29.1 Å². The van der Waals surface area contributed by atoms with Crippen molar-refractivity contribution in [1.29, 1.82) is 0 Å². The van der Waals surface area contributed by atoms with Gasteiger partial charge in [0.2, 0.25) is 0 Å². The summed E-state index contributed by atoms with van der Waals surface area (Å²) >= 11 is 1.52. The first-order valence-corrected chi connectivity index (χ1v) is 10.2. The average Bonchev–Trinajstić information content (AvgIpc) is 2.73. The molecule has 0 aromatic heterocycles. The number of nitrogens with one attached hydrogen (secondary N) is 1. The minimum Gasteiger partial charge on any atom is -0.480 e. The Hall–Kier alpha value is -2.56. The SMILES string of the molecule is CSC[C@@H](NC(c1ccccc1)(c1ccccc1)c1ccccc1)C(=O)O. The molecule has 0 amide bonds. The molecule has 1 atom stereocenters. The molecule has 0 aliphatic rings. The molecule has 4 heteroatoms. The Bertz CT molecular complexity index is 757. The Labute approximate surface area is 164 Å². The molecular weight excluding hydrogens is 354 g/mol. The van der Waals surface area contributed by atoms with Crippen molar-refractivity contribution in [2.75, 3.05) is 12.0 Å². The number of rotatable bonds is 8. The van der Waals surface area contributed by atoms with Crippen LogP contribution in [0.15, 0.2) is 91.0 Å². The predicted octanol–water partition coefficient (Wildman–Crippen LogP) is 4.38. The Morgan fingerprint density at radius 3 is 1.52 bits per heavy atom. The number of carboxylic acid groups (broad SMARTS) is 1. The summed E-state index contributed by atoms with van der Waals surface area (Å²) in [7, 11) is 0. The number of carbonyl (C=O) groups is 1. The summed E-state index contributed by atoms with van der Waals surface area (Å²) in [5, 5.41) is 13.3. The van der Waals surface area contributed by atoms with Crippen LogP contribution in [0.1, 0.15) is 16.7 Å². The molecule has 0 saturated carbocycles. The van der Waals surface area contributed by atoms with Crippen LogP contribution >= 0.6 is 11.8 Å². The lowest BCUT2D eigenvalue weighted by molar-refractivity contribution is -0.139. The summed E-state index contributed by atoms with van der Waals surface area (Å²) in [5.41, 5.74) is 2.27. The van der Waals surface area contributed by atoms with Gasteiger partial charge in [-0.1, -0.05) is 91.0 Å². The minimum absolute atomic E-state index is 0.476. The van der Waals surface area contributed by atoms with Crippen molar-refractivity contribution >= 4 is 17.7 Å². The Kier molecular flexibility index (Phi) is 6.32. The summed E-state index contributed by atoms with van der Waals surface area (Å²) in [6.45, 7) is 0. The van der Waals surface area contributed by atoms with Crippen LogP contribution in [0.2, 0.25) is 0 Å². The third kappa shape index (κ3) is 4.07. The molecule has 3 aromatic carbocycles. The number of aliphatic carboxylic acids is 1. The molecule has 0 bridgehead atoms. The second-order valence-electron chi connectivity index (χ2n) is 6.34. The Balaban J connectivity index is 2.27. The summed E-state index contributed by atoms with van der Waals surface area (Å²) in [4.78, 5) is 12.0. The highest BCUT2D eigenvalue weighted by Crippen LogP contribution is 2.37. The maximum atomic E-state index is 12.0. The van der Waals surface area contributed by atoms with Gasteiger partial charge in [0, 0.05) is 5.75 Å². The molecule has 0 spiro atoms. The van der Waals surface area contributed by atoms with E-state index < -0.39 is 17.6 Å². The standard InChI is InChI=1S/C23H23NO2S/c1-27-17-21(22(25)26)24-23(18-11-5-2-6-12-18,19-13-7-3-8-14-19)20-15-9-4-10-16-20/h2-16,21,24H,17H2,1H3,(H,25,26)/t21-/m1/s1. The molecule has 0 heterocycles. The van der Waals surface area contributed by atoms with E-state index in [1.54, 1.807) is 0 Å². The number of carboxylic acids is 1. The minimum atomic E-state index is -0.850. The van der Waals surface area contributed by atoms with Crippen molar-refractivity contribution in [2.24, 2.45) is 0 Å². The first-order valence-electron chi connectivity index (χ1n) is 8.84. The molecule has 27 heavy (non-hydrogen) atoms. The molecule has 0 saturated heterocycles. The molecule has 3 nitrogen and oxygen atoms in total. The van der Waals surface area contributed by atoms with E-state index in [9.17, 15) is 9.90 Å². The van der Waals surface area contributed by atoms with Gasteiger partial charge in [-0.15, -0.1) is 0 Å². The van der Waals surface area contributed by atoms with E-state index in [1.165, 1.54) is 11.8 Å². The summed E-state index contributed by atoms with van der Waals surface area (Å²) in [6, 6.07) is 29.4. The first-order chi connectivity index (χ1) is 13.2. The Morgan fingerprint density at radius 2 is 1.22 bits per heavy atom. The van der Waals surface area contributed by atoms with Gasteiger partial charge in [0.05, 0.1) is 5.54 Å². The largest absolute Gasteiger partial charge is 0.480 e. The van der Waals surface area contributed by atoms with E-state index in [2.05, 4.69) is 5.32 Å². The van der Waals surface area contributed by atoms with E-state index >= 15 is 0 Å². The zero-order valence-corrected chi connectivity index (χ0v) is 16.0. The van der Waals surface area contributed by atoms with Crippen LogP contribution in [0.25, 0.3) is 0 Å². The maximum Gasteiger partial charge on any atom is 0.321 e. The van der Waals surface area contributed by atoms with Gasteiger partial charge < -0.3 is 5.11 Å². The maximum absolute atomic E-state index is 12.0. The van der Waals surface area contributed by atoms with Gasteiger partial charge in [-0.25, -0.2) is 0 Å². The summed E-state index contributed by atoms with van der Waals surface area (Å²) in [6.07, 6.45) is 1.92. The number of hydrogen-bond donors (Lipinski definition) is 2. The summed E-state index contributed by atoms with van der Waals surface area (Å²) in [5.74, 6) is -0.375. The smallest absolute Gasteiger partial charge is 0.321 e. The molecule has 2 N–H and O–H groups in total. The quantitative estimate of drug-likeness (QED) is 0.572. The topological polar surface area (TPSA) is 49.3 Å². The fraction of sp³-hybridized carbons (Fsp3) is 0.174. The molecule has 0 radical (unpaired) electrons. The molecule has 0 unspecified atom stereocenters. The lowest BCUT2D eigenvalue weighted by atomic mass is 9.76. The fourth-order valence-corrected chi connectivity index (χ4v) is 3.98. The van der Waals surface area contributed by atoms with Gasteiger partial charge in [-0.2, -0.15) is 11.8 Å². The van der Waals surface area contributed by atoms with E-state index in [-0.39, 0.29) is 0 Å². The molecule has 0 aliphatic heterocycles. The first kappa shape index (κ1) is 19.2. The highest BCUT2D eigenvalue weighted by atomic mass is 32.2. The van der Waals surface area contributed by atoms with Crippen molar-refractivity contribution in [3.63, 3.8) is 0 Å². The van der Waals surface area contributed by atoms with Crippen molar-refractivity contribution < 1.29 is 9.90 Å². The third-order valence-corrected chi connectivity index (χ3v) is 5.31. The zero-order chi connectivity index (χ0) is 19.1. The number of thioether (sulfide) groups is 1. The normalized spacial score (nSPS) is 12.5. The van der Waals surface area contributed by atoms with Crippen LogP contribution < -0.4 is 5.32 Å². The highest BCUT2D eigenvalue weighted by Gasteiger charge is 2.39. The lowest BCUT2D eigenvalue weighted by Gasteiger charge is -2.39. The van der Waals surface area contributed by atoms with Crippen LogP contribution in [0, 0.1) is 0 Å². The van der Waals surface area contributed by atoms with Crippen molar-refractivity contribution in [1.82, 2.24) is 5.32 Å². The summed E-state index contributed by atoms with van der Waals surface area (Å²) < 4.78 is 0. The number of benzene rings is 3. The van der Waals surface area contributed by atoms with E-state index in [0.717, 1.165) is 16.7 Å². The third-order valence-electron chi connectivity index (χ3n) is 4.64. The van der Waals surface area contributed by atoms with E-state index in [0.29, 0.717) is 5.75 Å². The molecule has 0 aliphatic carbocycles. The van der Waals surface area contributed by atoms with Crippen molar-refractivity contribution in [3.05, 3.63) is 108 Å². The molecular formula is C23H23NO2S. The second-order valence-corrected chi connectivity index (χ2v) is 7.25. The van der Waals surface area contributed by atoms with Crippen LogP contribution in [0.3, 0.4) is 0 Å². The van der Waals surface area contributed by atoms with Gasteiger partial charge in [-0.3, -0.25) is 10.1 Å². The van der Waals surface area contributed by atoms with Gasteiger partial charge in [0.25, 0.3) is 0 Å². The zero-order valence-electron chi connectivity index (χ0n) is 15.2. The van der Waals surface area contributed by atoms with E-state index in [1.807, 2.05) is 97.3 Å². The number of hydrogen-bond acceptors (Lipinski definition) is 3. The average molecular weight is 378 g/mol. The lowest BCUT2D eigenvalue weighted by Crippen LogP contribution is -2.53. The van der Waals surface area contributed by atoms with Crippen molar-refractivity contribution in [2.45, 2.75) is 11.6 Å². The van der Waals surface area contributed by atoms with Gasteiger partial charge in [0.1, 0.15) is 6.04 Å². The molecule has 0 fully saturated rings. The highest BCUT2D eigenvalue weighted by molar-refractivity contribution is 7.98. The van der Waals surface area contributed by atoms with Gasteiger partial charge in [-0.05, 0) is 22.9 Å². The molecule has 3 aromatic rings. The second kappa shape index (κ2) is 8.89. The van der Waals surface area contributed by atoms with Crippen LogP contribution in [-0.2, 0) is 10.3 Å². The van der Waals surface area contributed by atoms with Crippen molar-refractivity contribution in [3.8, 4) is 0 Å². The van der Waals surface area contributed by atoms with Gasteiger partial charge in [0.15, 0.2) is 0 Å². The molecule has 3 rings (SSSR count). The fourth-order valence-electron chi connectivity index (χ4n) is 3.42. The monoisotopic (exact) mass is 377 g/mol. The van der Waals surface area contributed by atoms with Crippen LogP contribution in [0.5, 0.6) is 0 Å². The van der Waals surface area contributed by atoms with Crippen LogP contribution in [0.4, 0.5) is 0 Å². The predicted molar refractivity (Wildman–Crippen MR) is 112 cm³/mol. The van der Waals surface area contributed by atoms with Gasteiger partial charge >= 0.3 is 5.97 Å². The van der Waals surface area contributed by atoms with E-state index in [4.69, 9.17) is 0 Å². The molecule has 138 valence electrons.